The second-order valence-corrected chi connectivity index (χ2v) is 5.69. The molecule has 0 spiro atoms. The van der Waals surface area contributed by atoms with Crippen molar-refractivity contribution in [2.75, 3.05) is 11.1 Å². The fraction of sp³-hybridized carbons (Fsp3) is 0.0909. The van der Waals surface area contributed by atoms with Crippen molar-refractivity contribution in [2.24, 2.45) is 0 Å². The zero-order valence-corrected chi connectivity index (χ0v) is 11.1. The highest BCUT2D eigenvalue weighted by Gasteiger charge is 2.06. The van der Waals surface area contributed by atoms with Crippen molar-refractivity contribution in [2.45, 2.75) is 4.21 Å². The molecule has 88 valence electrons. The number of nitrogens with zero attached hydrogens (tertiary/aromatic N) is 1. The van der Waals surface area contributed by atoms with Crippen LogP contribution < -0.4 is 5.32 Å². The van der Waals surface area contributed by atoms with Gasteiger partial charge in [0.2, 0.25) is 5.91 Å². The van der Waals surface area contributed by atoms with Gasteiger partial charge in [-0.1, -0.05) is 17.7 Å². The molecule has 0 aliphatic rings. The van der Waals surface area contributed by atoms with Crippen LogP contribution in [0.15, 0.2) is 40.1 Å². The van der Waals surface area contributed by atoms with Gasteiger partial charge in [0.1, 0.15) is 0 Å². The van der Waals surface area contributed by atoms with E-state index < -0.39 is 0 Å². The van der Waals surface area contributed by atoms with E-state index in [4.69, 9.17) is 11.6 Å². The Labute approximate surface area is 112 Å². The monoisotopic (exact) mass is 284 g/mol. The van der Waals surface area contributed by atoms with Crippen molar-refractivity contribution in [3.63, 3.8) is 0 Å². The second-order valence-electron chi connectivity index (χ2n) is 3.11. The summed E-state index contributed by atoms with van der Waals surface area (Å²) in [5.74, 6) is 0.282. The van der Waals surface area contributed by atoms with Crippen molar-refractivity contribution in [1.29, 1.82) is 0 Å². The van der Waals surface area contributed by atoms with Gasteiger partial charge in [-0.25, -0.2) is 4.98 Å². The Morgan fingerprint density at radius 3 is 3.06 bits per heavy atom. The van der Waals surface area contributed by atoms with Crippen molar-refractivity contribution in [3.8, 4) is 0 Å². The minimum Gasteiger partial charge on any atom is -0.323 e. The lowest BCUT2D eigenvalue weighted by Gasteiger charge is -2.05. The van der Waals surface area contributed by atoms with Crippen LogP contribution in [0.5, 0.6) is 0 Å². The quantitative estimate of drug-likeness (QED) is 0.690. The Balaban J connectivity index is 1.87. The van der Waals surface area contributed by atoms with E-state index in [1.54, 1.807) is 29.7 Å². The standard InChI is InChI=1S/C11H9ClN2OS2/c12-11-8(3-1-5-13-11)14-9(15)7-17-10-4-2-6-16-10/h1-6H,7H2,(H,14,15). The number of amides is 1. The lowest BCUT2D eigenvalue weighted by molar-refractivity contribution is -0.113. The molecule has 0 aromatic carbocycles. The lowest BCUT2D eigenvalue weighted by atomic mass is 10.4. The maximum absolute atomic E-state index is 11.6. The average Bonchev–Trinajstić information content (AvgIpc) is 2.82. The lowest BCUT2D eigenvalue weighted by Crippen LogP contribution is -2.14. The van der Waals surface area contributed by atoms with Gasteiger partial charge in [-0.3, -0.25) is 4.79 Å². The molecule has 0 fully saturated rings. The van der Waals surface area contributed by atoms with Crippen molar-refractivity contribution in [3.05, 3.63) is 41.0 Å². The predicted molar refractivity (Wildman–Crippen MR) is 72.9 cm³/mol. The van der Waals surface area contributed by atoms with E-state index in [9.17, 15) is 4.79 Å². The number of carbonyl (C=O) groups excluding carboxylic acids is 1. The third-order valence-electron chi connectivity index (χ3n) is 1.87. The van der Waals surface area contributed by atoms with Gasteiger partial charge in [-0.15, -0.1) is 23.1 Å². The molecule has 2 aromatic rings. The third kappa shape index (κ3) is 3.73. The first-order chi connectivity index (χ1) is 8.25. The van der Waals surface area contributed by atoms with Gasteiger partial charge in [-0.2, -0.15) is 0 Å². The zero-order valence-electron chi connectivity index (χ0n) is 8.72. The Morgan fingerprint density at radius 2 is 2.35 bits per heavy atom. The van der Waals surface area contributed by atoms with Crippen LogP contribution >= 0.6 is 34.7 Å². The number of thiophene rings is 1. The van der Waals surface area contributed by atoms with Crippen LogP contribution in [0.2, 0.25) is 5.15 Å². The second kappa shape index (κ2) is 6.05. The first-order valence-electron chi connectivity index (χ1n) is 4.82. The van der Waals surface area contributed by atoms with Crippen LogP contribution in [0, 0.1) is 0 Å². The molecule has 0 saturated heterocycles. The summed E-state index contributed by atoms with van der Waals surface area (Å²) in [5.41, 5.74) is 0.547. The SMILES string of the molecule is O=C(CSc1cccs1)Nc1cccnc1Cl. The van der Waals surface area contributed by atoms with Gasteiger partial charge >= 0.3 is 0 Å². The summed E-state index contributed by atoms with van der Waals surface area (Å²) in [5, 5.41) is 5.01. The molecule has 3 nitrogen and oxygen atoms in total. The number of aromatic nitrogens is 1. The molecule has 2 rings (SSSR count). The fourth-order valence-corrected chi connectivity index (χ4v) is 2.90. The first kappa shape index (κ1) is 12.4. The number of pyridine rings is 1. The Bertz CT molecular complexity index is 502. The van der Waals surface area contributed by atoms with E-state index in [1.165, 1.54) is 11.8 Å². The van der Waals surface area contributed by atoms with Crippen molar-refractivity contribution in [1.82, 2.24) is 4.98 Å². The number of carbonyl (C=O) groups is 1. The van der Waals surface area contributed by atoms with E-state index in [-0.39, 0.29) is 5.91 Å². The molecule has 1 N–H and O–H groups in total. The number of hydrogen-bond acceptors (Lipinski definition) is 4. The average molecular weight is 285 g/mol. The molecule has 17 heavy (non-hydrogen) atoms. The highest BCUT2D eigenvalue weighted by molar-refractivity contribution is 8.01. The van der Waals surface area contributed by atoms with Gasteiger partial charge in [0, 0.05) is 6.20 Å². The summed E-state index contributed by atoms with van der Waals surface area (Å²) in [6.07, 6.45) is 1.58. The van der Waals surface area contributed by atoms with E-state index in [0.29, 0.717) is 16.6 Å². The smallest absolute Gasteiger partial charge is 0.234 e. The van der Waals surface area contributed by atoms with E-state index >= 15 is 0 Å². The molecule has 0 aliphatic carbocycles. The predicted octanol–water partition coefficient (Wildman–Crippen LogP) is 3.53. The van der Waals surface area contributed by atoms with Crippen molar-refractivity contribution >= 4 is 46.3 Å². The number of nitrogens with one attached hydrogen (secondary N) is 1. The largest absolute Gasteiger partial charge is 0.323 e. The van der Waals surface area contributed by atoms with Gasteiger partial charge in [0.15, 0.2) is 5.15 Å². The maximum atomic E-state index is 11.6. The molecule has 1 amide bonds. The number of hydrogen-bond donors (Lipinski definition) is 1. The van der Waals surface area contributed by atoms with Crippen LogP contribution in [0.3, 0.4) is 0 Å². The van der Waals surface area contributed by atoms with E-state index in [0.717, 1.165) is 4.21 Å². The van der Waals surface area contributed by atoms with Crippen LogP contribution in [0.1, 0.15) is 0 Å². The topological polar surface area (TPSA) is 42.0 Å². The first-order valence-corrected chi connectivity index (χ1v) is 7.06. The summed E-state index contributed by atoms with van der Waals surface area (Å²) < 4.78 is 1.12. The molecule has 0 saturated carbocycles. The summed E-state index contributed by atoms with van der Waals surface area (Å²) >= 11 is 8.96. The minimum absolute atomic E-state index is 0.0849. The molecule has 0 unspecified atom stereocenters. The number of rotatable bonds is 4. The molecular weight excluding hydrogens is 276 g/mol. The normalized spacial score (nSPS) is 10.2. The number of halogens is 1. The van der Waals surface area contributed by atoms with Crippen LogP contribution in [-0.4, -0.2) is 16.6 Å². The van der Waals surface area contributed by atoms with E-state index in [2.05, 4.69) is 10.3 Å². The van der Waals surface area contributed by atoms with E-state index in [1.807, 2.05) is 17.5 Å². The molecule has 0 atom stereocenters. The van der Waals surface area contributed by atoms with Crippen LogP contribution in [0.25, 0.3) is 0 Å². The van der Waals surface area contributed by atoms with Crippen LogP contribution in [0.4, 0.5) is 5.69 Å². The van der Waals surface area contributed by atoms with Gasteiger partial charge in [-0.05, 0) is 23.6 Å². The van der Waals surface area contributed by atoms with Gasteiger partial charge in [0.25, 0.3) is 0 Å². The zero-order chi connectivity index (χ0) is 12.1. The summed E-state index contributed by atoms with van der Waals surface area (Å²) in [6, 6.07) is 7.40. The third-order valence-corrected chi connectivity index (χ3v) is 4.31. The molecule has 0 bridgehead atoms. The Hall–Kier alpha value is -1.04. The van der Waals surface area contributed by atoms with Crippen LogP contribution in [-0.2, 0) is 4.79 Å². The molecular formula is C11H9ClN2OS2. The number of thioether (sulfide) groups is 1. The molecule has 2 heterocycles. The fourth-order valence-electron chi connectivity index (χ4n) is 1.15. The Morgan fingerprint density at radius 1 is 1.47 bits per heavy atom. The van der Waals surface area contributed by atoms with Crippen molar-refractivity contribution < 1.29 is 4.79 Å². The molecule has 0 aliphatic heterocycles. The number of anilines is 1. The Kier molecular flexibility index (Phi) is 4.42. The maximum Gasteiger partial charge on any atom is 0.234 e. The molecule has 2 aromatic heterocycles. The molecule has 0 radical (unpaired) electrons. The van der Waals surface area contributed by atoms with Gasteiger partial charge < -0.3 is 5.32 Å². The summed E-state index contributed by atoms with van der Waals surface area (Å²) in [6.45, 7) is 0. The molecule has 6 heteroatoms. The highest BCUT2D eigenvalue weighted by atomic mass is 35.5. The highest BCUT2D eigenvalue weighted by Crippen LogP contribution is 2.24. The van der Waals surface area contributed by atoms with Gasteiger partial charge in [0.05, 0.1) is 15.6 Å². The minimum atomic E-state index is -0.0849. The summed E-state index contributed by atoms with van der Waals surface area (Å²) in [7, 11) is 0. The summed E-state index contributed by atoms with van der Waals surface area (Å²) in [4.78, 5) is 15.5.